The van der Waals surface area contributed by atoms with Crippen LogP contribution < -0.4 is 9.47 Å². The maximum absolute atomic E-state index is 14.1. The van der Waals surface area contributed by atoms with Crippen molar-refractivity contribution >= 4 is 22.7 Å². The summed E-state index contributed by atoms with van der Waals surface area (Å²) < 4.78 is 11.3. The highest BCUT2D eigenvalue weighted by Gasteiger charge is 2.49. The Morgan fingerprint density at radius 2 is 1.74 bits per heavy atom. The Labute approximate surface area is 228 Å². The first-order valence-electron chi connectivity index (χ1n) is 13.5. The Balaban J connectivity index is 1.41. The highest BCUT2D eigenvalue weighted by molar-refractivity contribution is 5.98. The number of fused-ring (bicyclic) bond motifs is 4. The minimum absolute atomic E-state index is 0.00189. The number of amides is 2. The Morgan fingerprint density at radius 3 is 2.51 bits per heavy atom. The number of ether oxygens (including phenoxy) is 2. The van der Waals surface area contributed by atoms with Crippen molar-refractivity contribution in [1.82, 2.24) is 14.8 Å². The maximum Gasteiger partial charge on any atom is 0.246 e. The number of aromatic amines is 1. The lowest BCUT2D eigenvalue weighted by Gasteiger charge is -2.48. The van der Waals surface area contributed by atoms with Gasteiger partial charge in [0.1, 0.15) is 30.1 Å². The van der Waals surface area contributed by atoms with Gasteiger partial charge in [0, 0.05) is 34.6 Å². The highest BCUT2D eigenvalue weighted by Crippen LogP contribution is 2.46. The summed E-state index contributed by atoms with van der Waals surface area (Å²) in [6.07, 6.45) is 2.11. The van der Waals surface area contributed by atoms with Crippen molar-refractivity contribution in [3.63, 3.8) is 0 Å². The third-order valence-electron chi connectivity index (χ3n) is 8.25. The van der Waals surface area contributed by atoms with Gasteiger partial charge in [-0.3, -0.25) is 9.59 Å². The minimum Gasteiger partial charge on any atom is -0.497 e. The fourth-order valence-electron chi connectivity index (χ4n) is 6.21. The van der Waals surface area contributed by atoms with E-state index in [0.717, 1.165) is 40.6 Å². The molecule has 7 nitrogen and oxygen atoms in total. The van der Waals surface area contributed by atoms with E-state index < -0.39 is 12.1 Å². The lowest BCUT2D eigenvalue weighted by Crippen LogP contribution is -2.64. The van der Waals surface area contributed by atoms with Crippen molar-refractivity contribution in [2.24, 2.45) is 0 Å². The van der Waals surface area contributed by atoms with Crippen LogP contribution in [0.25, 0.3) is 10.9 Å². The fraction of sp³-hybridized carbons (Fsp3) is 0.312. The molecule has 1 aromatic heterocycles. The molecule has 1 fully saturated rings. The topological polar surface area (TPSA) is 74.9 Å². The zero-order valence-corrected chi connectivity index (χ0v) is 22.5. The van der Waals surface area contributed by atoms with E-state index >= 15 is 0 Å². The first-order valence-corrected chi connectivity index (χ1v) is 13.5. The van der Waals surface area contributed by atoms with E-state index in [1.165, 1.54) is 5.56 Å². The third-order valence-corrected chi connectivity index (χ3v) is 8.25. The Kier molecular flexibility index (Phi) is 6.51. The number of piperazine rings is 1. The zero-order valence-electron chi connectivity index (χ0n) is 22.5. The van der Waals surface area contributed by atoms with Gasteiger partial charge in [0.2, 0.25) is 11.8 Å². The van der Waals surface area contributed by atoms with Gasteiger partial charge in [-0.15, -0.1) is 0 Å². The molecule has 3 heterocycles. The number of methoxy groups -OCH3 is 2. The standard InChI is InChI=1S/C32H33N3O4/c1-20(13-14-21-9-5-4-6-10-21)34-19-29(36)35-27(32(34)37)18-24-23-11-7-8-12-26(23)33-30(24)31(35)25-17-22(38-2)15-16-28(25)39-3/h4-12,15-17,20,27,31,33H,13-14,18-19H2,1-3H3/t20?,27-,31?/m0/s1. The molecule has 7 heteroatoms. The molecule has 39 heavy (non-hydrogen) atoms. The molecule has 6 rings (SSSR count). The number of para-hydroxylation sites is 1. The molecule has 1 N–H and O–H groups in total. The Morgan fingerprint density at radius 1 is 0.974 bits per heavy atom. The molecule has 2 unspecified atom stereocenters. The maximum atomic E-state index is 14.1. The lowest BCUT2D eigenvalue weighted by molar-refractivity contribution is -0.160. The normalized spacial score (nSPS) is 19.6. The summed E-state index contributed by atoms with van der Waals surface area (Å²) in [6.45, 7) is 2.11. The van der Waals surface area contributed by atoms with Crippen LogP contribution in [0.3, 0.4) is 0 Å². The first kappa shape index (κ1) is 25.0. The van der Waals surface area contributed by atoms with Crippen LogP contribution in [0.4, 0.5) is 0 Å². The molecule has 0 aliphatic carbocycles. The summed E-state index contributed by atoms with van der Waals surface area (Å²) in [4.78, 5) is 35.3. The van der Waals surface area contributed by atoms with Gasteiger partial charge in [-0.2, -0.15) is 0 Å². The predicted octanol–water partition coefficient (Wildman–Crippen LogP) is 4.89. The number of carbonyl (C=O) groups excluding carboxylic acids is 2. The molecule has 4 aromatic rings. The van der Waals surface area contributed by atoms with Gasteiger partial charge >= 0.3 is 0 Å². The highest BCUT2D eigenvalue weighted by atomic mass is 16.5. The smallest absolute Gasteiger partial charge is 0.246 e. The molecule has 0 spiro atoms. The van der Waals surface area contributed by atoms with Crippen LogP contribution in [0.5, 0.6) is 11.5 Å². The van der Waals surface area contributed by atoms with Gasteiger partial charge in [0.25, 0.3) is 0 Å². The number of nitrogens with one attached hydrogen (secondary N) is 1. The predicted molar refractivity (Wildman–Crippen MR) is 150 cm³/mol. The van der Waals surface area contributed by atoms with E-state index in [2.05, 4.69) is 23.2 Å². The largest absolute Gasteiger partial charge is 0.497 e. The number of aromatic nitrogens is 1. The van der Waals surface area contributed by atoms with Gasteiger partial charge < -0.3 is 24.3 Å². The molecule has 0 bridgehead atoms. The van der Waals surface area contributed by atoms with Gasteiger partial charge in [0.05, 0.1) is 14.2 Å². The summed E-state index contributed by atoms with van der Waals surface area (Å²) in [5, 5.41) is 1.08. The molecule has 200 valence electrons. The number of benzene rings is 3. The molecule has 2 aliphatic heterocycles. The quantitative estimate of drug-likeness (QED) is 0.374. The second-order valence-corrected chi connectivity index (χ2v) is 10.4. The molecule has 3 aromatic carbocycles. The first-order chi connectivity index (χ1) is 19.0. The average molecular weight is 524 g/mol. The van der Waals surface area contributed by atoms with E-state index in [4.69, 9.17) is 9.47 Å². The number of rotatable bonds is 7. The summed E-state index contributed by atoms with van der Waals surface area (Å²) in [6, 6.07) is 22.8. The molecule has 0 saturated carbocycles. The summed E-state index contributed by atoms with van der Waals surface area (Å²) in [5.74, 6) is 1.24. The molecule has 1 saturated heterocycles. The number of aryl methyl sites for hydroxylation is 1. The van der Waals surface area contributed by atoms with Crippen molar-refractivity contribution in [2.75, 3.05) is 20.8 Å². The monoisotopic (exact) mass is 523 g/mol. The van der Waals surface area contributed by atoms with E-state index in [-0.39, 0.29) is 24.4 Å². The summed E-state index contributed by atoms with van der Waals surface area (Å²) >= 11 is 0. The van der Waals surface area contributed by atoms with Crippen LogP contribution in [-0.4, -0.2) is 59.4 Å². The number of carbonyl (C=O) groups is 2. The molecular weight excluding hydrogens is 490 g/mol. The second kappa shape index (κ2) is 10.1. The molecule has 2 aliphatic rings. The van der Waals surface area contributed by atoms with Crippen LogP contribution >= 0.6 is 0 Å². The van der Waals surface area contributed by atoms with Gasteiger partial charge in [-0.1, -0.05) is 48.5 Å². The molecule has 0 radical (unpaired) electrons. The van der Waals surface area contributed by atoms with E-state index in [1.807, 2.05) is 61.5 Å². The van der Waals surface area contributed by atoms with Gasteiger partial charge in [-0.05, 0) is 55.2 Å². The van der Waals surface area contributed by atoms with Crippen molar-refractivity contribution in [1.29, 1.82) is 0 Å². The third kappa shape index (κ3) is 4.32. The van der Waals surface area contributed by atoms with E-state index in [1.54, 1.807) is 24.0 Å². The fourth-order valence-corrected chi connectivity index (χ4v) is 6.21. The van der Waals surface area contributed by atoms with Crippen molar-refractivity contribution in [3.8, 4) is 11.5 Å². The number of H-pyrrole nitrogens is 1. The molecular formula is C32H33N3O4. The van der Waals surface area contributed by atoms with Crippen molar-refractivity contribution in [3.05, 3.63) is 95.2 Å². The summed E-state index contributed by atoms with van der Waals surface area (Å²) in [5.41, 5.74) is 5.00. The van der Waals surface area contributed by atoms with Crippen molar-refractivity contribution < 1.29 is 19.1 Å². The zero-order chi connectivity index (χ0) is 27.1. The van der Waals surface area contributed by atoms with Crippen LogP contribution in [0.1, 0.15) is 41.8 Å². The van der Waals surface area contributed by atoms with E-state index in [0.29, 0.717) is 17.9 Å². The van der Waals surface area contributed by atoms with Crippen LogP contribution in [0.15, 0.2) is 72.8 Å². The number of nitrogens with zero attached hydrogens (tertiary/aromatic N) is 2. The Bertz CT molecular complexity index is 1530. The second-order valence-electron chi connectivity index (χ2n) is 10.4. The van der Waals surface area contributed by atoms with E-state index in [9.17, 15) is 9.59 Å². The number of hydrogen-bond acceptors (Lipinski definition) is 4. The molecule has 2 amide bonds. The van der Waals surface area contributed by atoms with Crippen LogP contribution in [0, 0.1) is 0 Å². The Hall–Kier alpha value is -4.26. The molecule has 3 atom stereocenters. The van der Waals surface area contributed by atoms with Crippen LogP contribution in [0.2, 0.25) is 0 Å². The minimum atomic E-state index is -0.599. The van der Waals surface area contributed by atoms with Crippen molar-refractivity contribution in [2.45, 2.75) is 44.3 Å². The van der Waals surface area contributed by atoms with Gasteiger partial charge in [-0.25, -0.2) is 0 Å². The van der Waals surface area contributed by atoms with Crippen LogP contribution in [-0.2, 0) is 22.4 Å². The lowest BCUT2D eigenvalue weighted by atomic mass is 9.85. The number of hydrogen-bond donors (Lipinski definition) is 1. The SMILES string of the molecule is COc1ccc(OC)c(C2c3[nH]c4ccccc4c3C[C@H]3C(=O)N(C(C)CCc4ccccc4)CC(=O)N23)c1. The van der Waals surface area contributed by atoms with Gasteiger partial charge in [0.15, 0.2) is 0 Å². The average Bonchev–Trinajstić information content (AvgIpc) is 3.35. The summed E-state index contributed by atoms with van der Waals surface area (Å²) in [7, 11) is 3.24.